The van der Waals surface area contributed by atoms with Gasteiger partial charge < -0.3 is 19.7 Å². The quantitative estimate of drug-likeness (QED) is 0.763. The number of ether oxygens (including phenoxy) is 1. The Morgan fingerprint density at radius 1 is 1.28 bits per heavy atom. The van der Waals surface area contributed by atoms with Gasteiger partial charge in [0.2, 0.25) is 0 Å². The molecule has 25 heavy (non-hydrogen) atoms. The number of carbonyl (C=O) groups is 1. The van der Waals surface area contributed by atoms with E-state index in [1.807, 2.05) is 39.5 Å². The highest BCUT2D eigenvalue weighted by Gasteiger charge is 2.36. The number of hydrogen-bond acceptors (Lipinski definition) is 6. The first kappa shape index (κ1) is 19.8. The van der Waals surface area contributed by atoms with Crippen LogP contribution in [0.25, 0.3) is 0 Å². The van der Waals surface area contributed by atoms with E-state index >= 15 is 0 Å². The number of rotatable bonds is 2. The molecule has 2 atom stereocenters. The summed E-state index contributed by atoms with van der Waals surface area (Å²) in [5.74, 6) is 0.481. The number of piperazine rings is 1. The predicted molar refractivity (Wildman–Crippen MR) is 98.3 cm³/mol. The highest BCUT2D eigenvalue weighted by atomic mass is 35.5. The molecule has 2 heterocycles. The van der Waals surface area contributed by atoms with Crippen molar-refractivity contribution >= 4 is 36.2 Å². The summed E-state index contributed by atoms with van der Waals surface area (Å²) >= 11 is 6.24. The fraction of sp³-hybridized carbons (Fsp3) is 0.625. The maximum atomic E-state index is 12.5. The summed E-state index contributed by atoms with van der Waals surface area (Å²) in [6.07, 6.45) is -0.342. The lowest BCUT2D eigenvalue weighted by molar-refractivity contribution is 0.00561. The first-order valence-corrected chi connectivity index (χ1v) is 8.66. The summed E-state index contributed by atoms with van der Waals surface area (Å²) in [5.41, 5.74) is -0.418. The average molecular weight is 370 g/mol. The van der Waals surface area contributed by atoms with Crippen molar-refractivity contribution in [2.24, 2.45) is 0 Å². The van der Waals surface area contributed by atoms with Crippen LogP contribution in [0.15, 0.2) is 12.1 Å². The molecular formula is C16H25BClN3O4. The van der Waals surface area contributed by atoms with Gasteiger partial charge in [0.25, 0.3) is 0 Å². The van der Waals surface area contributed by atoms with Crippen LogP contribution < -0.4 is 10.5 Å². The van der Waals surface area contributed by atoms with Crippen molar-refractivity contribution in [2.45, 2.75) is 52.3 Å². The molecule has 0 aliphatic carbocycles. The van der Waals surface area contributed by atoms with Crippen LogP contribution in [0.3, 0.4) is 0 Å². The lowest BCUT2D eigenvalue weighted by Crippen LogP contribution is -2.59. The minimum absolute atomic E-state index is 0.112. The first-order valence-electron chi connectivity index (χ1n) is 8.28. The zero-order valence-electron chi connectivity index (χ0n) is 15.2. The third-order valence-electron chi connectivity index (χ3n) is 3.94. The van der Waals surface area contributed by atoms with E-state index in [2.05, 4.69) is 4.98 Å². The van der Waals surface area contributed by atoms with Gasteiger partial charge in [-0.05, 0) is 46.8 Å². The van der Waals surface area contributed by atoms with Gasteiger partial charge in [-0.1, -0.05) is 11.6 Å². The second-order valence-corrected chi connectivity index (χ2v) is 7.81. The van der Waals surface area contributed by atoms with Gasteiger partial charge in [-0.15, -0.1) is 0 Å². The number of halogens is 1. The van der Waals surface area contributed by atoms with E-state index in [1.54, 1.807) is 11.0 Å². The monoisotopic (exact) mass is 369 g/mol. The van der Waals surface area contributed by atoms with E-state index in [4.69, 9.17) is 16.3 Å². The topological polar surface area (TPSA) is 86.1 Å². The molecule has 1 aliphatic rings. The molecule has 0 unspecified atom stereocenters. The van der Waals surface area contributed by atoms with Crippen LogP contribution in [-0.2, 0) is 4.74 Å². The van der Waals surface area contributed by atoms with Gasteiger partial charge in [-0.2, -0.15) is 0 Å². The Hall–Kier alpha value is -1.51. The molecule has 0 radical (unpaired) electrons. The number of hydrogen-bond donors (Lipinski definition) is 2. The predicted octanol–water partition coefficient (Wildman–Crippen LogP) is 1.25. The van der Waals surface area contributed by atoms with Crippen molar-refractivity contribution in [3.63, 3.8) is 0 Å². The van der Waals surface area contributed by atoms with E-state index < -0.39 is 12.7 Å². The van der Waals surface area contributed by atoms with Crippen LogP contribution >= 0.6 is 11.6 Å². The van der Waals surface area contributed by atoms with Crippen molar-refractivity contribution < 1.29 is 19.6 Å². The smallest absolute Gasteiger partial charge is 0.444 e. The zero-order valence-corrected chi connectivity index (χ0v) is 16.0. The lowest BCUT2D eigenvalue weighted by Gasteiger charge is -2.45. The van der Waals surface area contributed by atoms with Crippen LogP contribution in [0.1, 0.15) is 34.6 Å². The summed E-state index contributed by atoms with van der Waals surface area (Å²) in [6, 6.07) is 2.84. The Morgan fingerprint density at radius 2 is 1.84 bits per heavy atom. The maximum absolute atomic E-state index is 12.5. The first-order chi connectivity index (χ1) is 11.5. The molecule has 0 saturated carbocycles. The van der Waals surface area contributed by atoms with Gasteiger partial charge in [0, 0.05) is 13.1 Å². The van der Waals surface area contributed by atoms with E-state index in [9.17, 15) is 14.8 Å². The average Bonchev–Trinajstić information content (AvgIpc) is 2.44. The lowest BCUT2D eigenvalue weighted by atomic mass is 9.86. The van der Waals surface area contributed by atoms with Crippen LogP contribution in [0.4, 0.5) is 10.6 Å². The largest absolute Gasteiger partial charge is 0.508 e. The molecule has 1 aliphatic heterocycles. The normalized spacial score (nSPS) is 21.3. The van der Waals surface area contributed by atoms with Crippen molar-refractivity contribution in [1.29, 1.82) is 0 Å². The number of anilines is 1. The van der Waals surface area contributed by atoms with Gasteiger partial charge in [-0.3, -0.25) is 4.90 Å². The Balaban J connectivity index is 2.19. The molecule has 0 spiro atoms. The van der Waals surface area contributed by atoms with Crippen molar-refractivity contribution in [1.82, 2.24) is 9.88 Å². The molecule has 1 saturated heterocycles. The summed E-state index contributed by atoms with van der Waals surface area (Å²) in [4.78, 5) is 20.4. The molecule has 0 aromatic carbocycles. The Bertz CT molecular complexity index is 626. The second-order valence-electron chi connectivity index (χ2n) is 7.41. The minimum Gasteiger partial charge on any atom is -0.444 e. The fourth-order valence-electron chi connectivity index (χ4n) is 2.98. The minimum atomic E-state index is -1.66. The third kappa shape index (κ3) is 4.77. The number of nitrogens with zero attached hydrogens (tertiary/aromatic N) is 3. The molecule has 1 amide bonds. The van der Waals surface area contributed by atoms with Crippen LogP contribution in [0.5, 0.6) is 0 Å². The van der Waals surface area contributed by atoms with E-state index in [0.717, 1.165) is 0 Å². The molecule has 138 valence electrons. The van der Waals surface area contributed by atoms with Gasteiger partial charge >= 0.3 is 13.2 Å². The Labute approximate surface area is 153 Å². The standard InChI is InChI=1S/C16H25BClN3O4/c1-10-8-20(14-12(18)6-7-13(19-14)17(23)24)9-11(2)21(10)15(22)25-16(3,4)5/h6-7,10-11,23-24H,8-9H2,1-5H3/t10-,11+. The number of amides is 1. The fourth-order valence-corrected chi connectivity index (χ4v) is 3.21. The molecule has 2 N–H and O–H groups in total. The number of carbonyl (C=O) groups excluding carboxylic acids is 1. The van der Waals surface area contributed by atoms with E-state index in [-0.39, 0.29) is 23.8 Å². The number of pyridine rings is 1. The molecular weight excluding hydrogens is 344 g/mol. The van der Waals surface area contributed by atoms with Crippen LogP contribution in [-0.4, -0.2) is 63.9 Å². The summed E-state index contributed by atoms with van der Waals surface area (Å²) in [7, 11) is -1.66. The summed E-state index contributed by atoms with van der Waals surface area (Å²) < 4.78 is 5.49. The zero-order chi connectivity index (χ0) is 18.9. The molecule has 1 aromatic heterocycles. The van der Waals surface area contributed by atoms with Crippen molar-refractivity contribution in [2.75, 3.05) is 18.0 Å². The van der Waals surface area contributed by atoms with Gasteiger partial charge in [0.05, 0.1) is 22.7 Å². The second kappa shape index (κ2) is 7.39. The van der Waals surface area contributed by atoms with Crippen LogP contribution in [0, 0.1) is 0 Å². The maximum Gasteiger partial charge on any atom is 0.508 e. The molecule has 0 bridgehead atoms. The van der Waals surface area contributed by atoms with Crippen LogP contribution in [0.2, 0.25) is 5.02 Å². The number of aromatic nitrogens is 1. The molecule has 7 nitrogen and oxygen atoms in total. The molecule has 9 heteroatoms. The van der Waals surface area contributed by atoms with Gasteiger partial charge in [-0.25, -0.2) is 9.78 Å². The van der Waals surface area contributed by atoms with E-state index in [0.29, 0.717) is 23.9 Å². The molecule has 2 rings (SSSR count). The summed E-state index contributed by atoms with van der Waals surface area (Å²) in [5, 5.41) is 19.1. The Kier molecular flexibility index (Phi) is 5.86. The van der Waals surface area contributed by atoms with Gasteiger partial charge in [0.1, 0.15) is 11.4 Å². The third-order valence-corrected chi connectivity index (χ3v) is 4.23. The molecule has 1 aromatic rings. The van der Waals surface area contributed by atoms with E-state index in [1.165, 1.54) is 6.07 Å². The van der Waals surface area contributed by atoms with Gasteiger partial charge in [0.15, 0.2) is 0 Å². The highest BCUT2D eigenvalue weighted by molar-refractivity contribution is 6.57. The SMILES string of the molecule is C[C@@H]1CN(c2nc(B(O)O)ccc2Cl)C[C@H](C)N1C(=O)OC(C)(C)C. The van der Waals surface area contributed by atoms with Crippen molar-refractivity contribution in [3.8, 4) is 0 Å². The molecule has 1 fully saturated rings. The highest BCUT2D eigenvalue weighted by Crippen LogP contribution is 2.27. The summed E-state index contributed by atoms with van der Waals surface area (Å²) in [6.45, 7) is 10.4. The Morgan fingerprint density at radius 3 is 2.32 bits per heavy atom. The van der Waals surface area contributed by atoms with Crippen molar-refractivity contribution in [3.05, 3.63) is 17.2 Å².